The van der Waals surface area contributed by atoms with E-state index in [9.17, 15) is 0 Å². The van der Waals surface area contributed by atoms with Crippen LogP contribution in [0.5, 0.6) is 0 Å². The molecule has 10 heavy (non-hydrogen) atoms. The third-order valence-electron chi connectivity index (χ3n) is 1.24. The van der Waals surface area contributed by atoms with E-state index >= 15 is 0 Å². The summed E-state index contributed by atoms with van der Waals surface area (Å²) in [7, 11) is 3.24. The molecule has 3 nitrogen and oxygen atoms in total. The first kappa shape index (κ1) is 9.88. The highest BCUT2D eigenvalue weighted by Gasteiger charge is 2.01. The third kappa shape index (κ3) is 6.01. The number of ether oxygens (including phenoxy) is 2. The smallest absolute Gasteiger partial charge is 0.0774 e. The van der Waals surface area contributed by atoms with E-state index in [-0.39, 0.29) is 6.10 Å². The minimum Gasteiger partial charge on any atom is -0.391 e. The van der Waals surface area contributed by atoms with Crippen LogP contribution in [0.15, 0.2) is 0 Å². The van der Waals surface area contributed by atoms with E-state index in [4.69, 9.17) is 14.6 Å². The minimum absolute atomic E-state index is 0.333. The number of methoxy groups -OCH3 is 2. The van der Waals surface area contributed by atoms with E-state index in [1.54, 1.807) is 14.2 Å². The van der Waals surface area contributed by atoms with E-state index < -0.39 is 0 Å². The summed E-state index contributed by atoms with van der Waals surface area (Å²) in [4.78, 5) is 0. The average Bonchev–Trinajstić information content (AvgIpc) is 1.89. The molecule has 0 aliphatic heterocycles. The van der Waals surface area contributed by atoms with Crippen LogP contribution in [0.4, 0.5) is 0 Å². The zero-order valence-corrected chi connectivity index (χ0v) is 6.67. The molecular weight excluding hydrogens is 132 g/mol. The molecule has 3 heteroatoms. The summed E-state index contributed by atoms with van der Waals surface area (Å²) in [6.07, 6.45) is 1.31. The van der Waals surface area contributed by atoms with Gasteiger partial charge in [-0.2, -0.15) is 0 Å². The minimum atomic E-state index is -0.333. The molecule has 0 fully saturated rings. The second-order valence-corrected chi connectivity index (χ2v) is 2.24. The molecule has 0 bridgehead atoms. The Hall–Kier alpha value is -0.120. The molecule has 0 saturated carbocycles. The highest BCUT2D eigenvalue weighted by atomic mass is 16.5. The average molecular weight is 148 g/mol. The number of rotatable bonds is 6. The highest BCUT2D eigenvalue weighted by Crippen LogP contribution is 1.96. The number of hydrogen-bond donors (Lipinski definition) is 1. The quantitative estimate of drug-likeness (QED) is 0.555. The van der Waals surface area contributed by atoms with Gasteiger partial charge in [0.25, 0.3) is 0 Å². The molecule has 1 atom stereocenters. The second kappa shape index (κ2) is 6.99. The Kier molecular flexibility index (Phi) is 6.91. The van der Waals surface area contributed by atoms with E-state index in [0.717, 1.165) is 12.8 Å². The highest BCUT2D eigenvalue weighted by molar-refractivity contribution is 4.52. The maximum absolute atomic E-state index is 9.10. The van der Waals surface area contributed by atoms with Crippen molar-refractivity contribution in [2.75, 3.05) is 27.4 Å². The standard InChI is InChI=1S/C7H16O3/c1-9-5-3-4-7(8)6-10-2/h7-8H,3-6H2,1-2H3. The van der Waals surface area contributed by atoms with Crippen LogP contribution >= 0.6 is 0 Å². The van der Waals surface area contributed by atoms with Gasteiger partial charge in [0, 0.05) is 20.8 Å². The van der Waals surface area contributed by atoms with Gasteiger partial charge < -0.3 is 14.6 Å². The molecule has 0 aliphatic rings. The summed E-state index contributed by atoms with van der Waals surface area (Å²) in [5.74, 6) is 0. The monoisotopic (exact) mass is 148 g/mol. The summed E-state index contributed by atoms with van der Waals surface area (Å²) in [5.41, 5.74) is 0. The summed E-state index contributed by atoms with van der Waals surface area (Å²) >= 11 is 0. The number of aliphatic hydroxyl groups excluding tert-OH is 1. The lowest BCUT2D eigenvalue weighted by Gasteiger charge is -2.07. The Labute approximate surface area is 62.0 Å². The van der Waals surface area contributed by atoms with Gasteiger partial charge in [-0.1, -0.05) is 0 Å². The van der Waals surface area contributed by atoms with Gasteiger partial charge in [0.15, 0.2) is 0 Å². The molecule has 62 valence electrons. The van der Waals surface area contributed by atoms with Gasteiger partial charge in [-0.3, -0.25) is 0 Å². The van der Waals surface area contributed by atoms with E-state index in [1.165, 1.54) is 0 Å². The van der Waals surface area contributed by atoms with Crippen LogP contribution in [-0.4, -0.2) is 38.6 Å². The molecular formula is C7H16O3. The Bertz CT molecular complexity index is 65.9. The Morgan fingerprint density at radius 1 is 1.30 bits per heavy atom. The molecule has 0 heterocycles. The lowest BCUT2D eigenvalue weighted by molar-refractivity contribution is 0.0524. The van der Waals surface area contributed by atoms with E-state index in [0.29, 0.717) is 13.2 Å². The van der Waals surface area contributed by atoms with Crippen molar-refractivity contribution in [2.24, 2.45) is 0 Å². The Morgan fingerprint density at radius 2 is 2.00 bits per heavy atom. The van der Waals surface area contributed by atoms with Crippen LogP contribution in [-0.2, 0) is 9.47 Å². The van der Waals surface area contributed by atoms with Crippen molar-refractivity contribution in [2.45, 2.75) is 18.9 Å². The molecule has 0 saturated heterocycles. The van der Waals surface area contributed by atoms with Crippen molar-refractivity contribution in [1.82, 2.24) is 0 Å². The van der Waals surface area contributed by atoms with Crippen LogP contribution in [0, 0.1) is 0 Å². The number of hydrogen-bond acceptors (Lipinski definition) is 3. The lowest BCUT2D eigenvalue weighted by atomic mass is 10.2. The molecule has 0 rings (SSSR count). The van der Waals surface area contributed by atoms with E-state index in [2.05, 4.69) is 0 Å². The fourth-order valence-electron chi connectivity index (χ4n) is 0.739. The van der Waals surface area contributed by atoms with Crippen molar-refractivity contribution < 1.29 is 14.6 Å². The van der Waals surface area contributed by atoms with Gasteiger partial charge >= 0.3 is 0 Å². The van der Waals surface area contributed by atoms with Crippen molar-refractivity contribution >= 4 is 0 Å². The summed E-state index contributed by atoms with van der Waals surface area (Å²) in [5, 5.41) is 9.10. The molecule has 0 aromatic carbocycles. The molecule has 1 N–H and O–H groups in total. The van der Waals surface area contributed by atoms with Gasteiger partial charge in [0.1, 0.15) is 0 Å². The van der Waals surface area contributed by atoms with Gasteiger partial charge in [-0.05, 0) is 12.8 Å². The van der Waals surface area contributed by atoms with Gasteiger partial charge in [-0.15, -0.1) is 0 Å². The topological polar surface area (TPSA) is 38.7 Å². The van der Waals surface area contributed by atoms with Crippen molar-refractivity contribution in [1.29, 1.82) is 0 Å². The zero-order chi connectivity index (χ0) is 7.82. The van der Waals surface area contributed by atoms with Crippen molar-refractivity contribution in [3.8, 4) is 0 Å². The molecule has 0 spiro atoms. The summed E-state index contributed by atoms with van der Waals surface area (Å²) in [6, 6.07) is 0. The van der Waals surface area contributed by atoms with Crippen LogP contribution < -0.4 is 0 Å². The molecule has 0 aromatic heterocycles. The fraction of sp³-hybridized carbons (Fsp3) is 1.00. The van der Waals surface area contributed by atoms with Crippen molar-refractivity contribution in [3.05, 3.63) is 0 Å². The lowest BCUT2D eigenvalue weighted by Crippen LogP contribution is -2.14. The molecule has 0 aromatic rings. The first-order chi connectivity index (χ1) is 4.81. The fourth-order valence-corrected chi connectivity index (χ4v) is 0.739. The second-order valence-electron chi connectivity index (χ2n) is 2.24. The van der Waals surface area contributed by atoms with Gasteiger partial charge in [0.05, 0.1) is 12.7 Å². The van der Waals surface area contributed by atoms with Crippen molar-refractivity contribution in [3.63, 3.8) is 0 Å². The SMILES string of the molecule is COCCCC(O)COC. The predicted molar refractivity (Wildman–Crippen MR) is 39.0 cm³/mol. The first-order valence-corrected chi connectivity index (χ1v) is 3.47. The molecule has 1 unspecified atom stereocenters. The maximum atomic E-state index is 9.10. The Morgan fingerprint density at radius 3 is 2.50 bits per heavy atom. The molecule has 0 amide bonds. The largest absolute Gasteiger partial charge is 0.391 e. The van der Waals surface area contributed by atoms with Crippen LogP contribution in [0.25, 0.3) is 0 Å². The zero-order valence-electron chi connectivity index (χ0n) is 6.67. The maximum Gasteiger partial charge on any atom is 0.0774 e. The first-order valence-electron chi connectivity index (χ1n) is 3.47. The molecule has 0 aliphatic carbocycles. The summed E-state index contributed by atoms with van der Waals surface area (Å²) in [6.45, 7) is 1.13. The summed E-state index contributed by atoms with van der Waals surface area (Å²) < 4.78 is 9.56. The predicted octanol–water partition coefficient (Wildman–Crippen LogP) is 0.420. The normalized spacial score (nSPS) is 13.5. The van der Waals surface area contributed by atoms with Crippen LogP contribution in [0.3, 0.4) is 0 Å². The third-order valence-corrected chi connectivity index (χ3v) is 1.24. The Balaban J connectivity index is 2.97. The molecule has 0 radical (unpaired) electrons. The van der Waals surface area contributed by atoms with Crippen LogP contribution in [0.2, 0.25) is 0 Å². The van der Waals surface area contributed by atoms with Gasteiger partial charge in [0.2, 0.25) is 0 Å². The number of aliphatic hydroxyl groups is 1. The van der Waals surface area contributed by atoms with Crippen LogP contribution in [0.1, 0.15) is 12.8 Å². The van der Waals surface area contributed by atoms with E-state index in [1.807, 2.05) is 0 Å². The van der Waals surface area contributed by atoms with Gasteiger partial charge in [-0.25, -0.2) is 0 Å².